The van der Waals surface area contributed by atoms with Gasteiger partial charge in [-0.15, -0.1) is 0 Å². The first-order valence-electron chi connectivity index (χ1n) is 11.1. The number of anilines is 1. The van der Waals surface area contributed by atoms with Crippen LogP contribution in [0.3, 0.4) is 0 Å². The van der Waals surface area contributed by atoms with Crippen molar-refractivity contribution in [3.8, 4) is 5.75 Å². The van der Waals surface area contributed by atoms with Gasteiger partial charge in [-0.3, -0.25) is 4.79 Å². The van der Waals surface area contributed by atoms with Crippen LogP contribution in [0.15, 0.2) is 42.5 Å². The number of carbonyl (C=O) groups is 1. The molecule has 1 saturated heterocycles. The number of benzene rings is 2. The Labute approximate surface area is 174 Å². The Bertz CT molecular complexity index is 825. The third-order valence-corrected chi connectivity index (χ3v) is 6.14. The molecule has 4 nitrogen and oxygen atoms in total. The number of carbonyl (C=O) groups excluding carboxylic acids is 1. The number of amides is 1. The second-order valence-corrected chi connectivity index (χ2v) is 8.23. The molecule has 1 atom stereocenters. The van der Waals surface area contributed by atoms with E-state index in [1.807, 2.05) is 13.0 Å². The highest BCUT2D eigenvalue weighted by Crippen LogP contribution is 2.26. The van der Waals surface area contributed by atoms with Gasteiger partial charge in [-0.2, -0.15) is 0 Å². The first-order valence-corrected chi connectivity index (χ1v) is 11.1. The van der Waals surface area contributed by atoms with Crippen LogP contribution < -0.4 is 15.0 Å². The zero-order valence-electron chi connectivity index (χ0n) is 17.5. The molecule has 1 aliphatic heterocycles. The van der Waals surface area contributed by atoms with Crippen LogP contribution in [0.2, 0.25) is 0 Å². The third kappa shape index (κ3) is 4.92. The highest BCUT2D eigenvalue weighted by Gasteiger charge is 2.19. The molecule has 4 heteroatoms. The summed E-state index contributed by atoms with van der Waals surface area (Å²) in [7, 11) is 0. The van der Waals surface area contributed by atoms with E-state index in [1.165, 1.54) is 42.5 Å². The van der Waals surface area contributed by atoms with E-state index in [9.17, 15) is 4.79 Å². The van der Waals surface area contributed by atoms with E-state index in [2.05, 4.69) is 46.6 Å². The van der Waals surface area contributed by atoms with E-state index in [1.54, 1.807) is 0 Å². The highest BCUT2D eigenvalue weighted by atomic mass is 16.5. The van der Waals surface area contributed by atoms with Crippen LogP contribution >= 0.6 is 0 Å². The molecule has 1 fully saturated rings. The zero-order chi connectivity index (χ0) is 20.1. The molecule has 0 radical (unpaired) electrons. The lowest BCUT2D eigenvalue weighted by atomic mass is 9.92. The average Bonchev–Trinajstić information content (AvgIpc) is 3.31. The van der Waals surface area contributed by atoms with Crippen LogP contribution in [-0.2, 0) is 24.2 Å². The van der Waals surface area contributed by atoms with Crippen LogP contribution in [0.25, 0.3) is 0 Å². The first kappa shape index (κ1) is 19.8. The first-order chi connectivity index (χ1) is 14.2. The largest absolute Gasteiger partial charge is 0.481 e. The molecule has 0 aromatic heterocycles. The van der Waals surface area contributed by atoms with Crippen LogP contribution in [0.1, 0.15) is 55.7 Å². The maximum atomic E-state index is 12.7. The molecule has 0 saturated carbocycles. The van der Waals surface area contributed by atoms with E-state index < -0.39 is 6.10 Å². The predicted molar refractivity (Wildman–Crippen MR) is 118 cm³/mol. The topological polar surface area (TPSA) is 41.6 Å². The molecule has 1 aliphatic carbocycles. The van der Waals surface area contributed by atoms with Crippen molar-refractivity contribution in [2.75, 3.05) is 18.0 Å². The number of aryl methyl sites for hydroxylation is 2. The summed E-state index contributed by atoms with van der Waals surface area (Å²) >= 11 is 0. The Hall–Kier alpha value is -2.49. The van der Waals surface area contributed by atoms with Crippen molar-refractivity contribution in [1.29, 1.82) is 0 Å². The lowest BCUT2D eigenvalue weighted by Crippen LogP contribution is -2.37. The molecule has 0 spiro atoms. The van der Waals surface area contributed by atoms with Gasteiger partial charge in [0.25, 0.3) is 5.91 Å². The second kappa shape index (κ2) is 9.34. The molecule has 1 N–H and O–H groups in total. The van der Waals surface area contributed by atoms with Gasteiger partial charge in [-0.05, 0) is 85.9 Å². The van der Waals surface area contributed by atoms with Gasteiger partial charge in [0.15, 0.2) is 6.10 Å². The fourth-order valence-corrected chi connectivity index (χ4v) is 4.37. The number of nitrogens with zero attached hydrogens (tertiary/aromatic N) is 1. The normalized spacial score (nSPS) is 16.9. The maximum absolute atomic E-state index is 12.7. The Morgan fingerprint density at radius 1 is 1.00 bits per heavy atom. The average molecular weight is 393 g/mol. The molecule has 29 heavy (non-hydrogen) atoms. The van der Waals surface area contributed by atoms with Crippen LogP contribution in [0.4, 0.5) is 5.69 Å². The molecule has 2 aromatic carbocycles. The van der Waals surface area contributed by atoms with Gasteiger partial charge >= 0.3 is 0 Å². The van der Waals surface area contributed by atoms with Crippen LogP contribution in [0, 0.1) is 0 Å². The summed E-state index contributed by atoms with van der Waals surface area (Å²) in [5.41, 5.74) is 5.20. The van der Waals surface area contributed by atoms with Gasteiger partial charge < -0.3 is 15.0 Å². The van der Waals surface area contributed by atoms with Crippen molar-refractivity contribution < 1.29 is 9.53 Å². The summed E-state index contributed by atoms with van der Waals surface area (Å²) in [6, 6.07) is 14.8. The minimum absolute atomic E-state index is 0.0474. The van der Waals surface area contributed by atoms with E-state index in [4.69, 9.17) is 4.74 Å². The zero-order valence-corrected chi connectivity index (χ0v) is 17.5. The van der Waals surface area contributed by atoms with Crippen molar-refractivity contribution in [1.82, 2.24) is 5.32 Å². The number of fused-ring (bicyclic) bond motifs is 1. The Morgan fingerprint density at radius 3 is 2.45 bits per heavy atom. The molecule has 0 unspecified atom stereocenters. The van der Waals surface area contributed by atoms with Gasteiger partial charge in [-0.25, -0.2) is 0 Å². The molecular weight excluding hydrogens is 360 g/mol. The summed E-state index contributed by atoms with van der Waals surface area (Å²) in [5, 5.41) is 3.04. The van der Waals surface area contributed by atoms with E-state index in [0.29, 0.717) is 13.0 Å². The smallest absolute Gasteiger partial charge is 0.261 e. The van der Waals surface area contributed by atoms with Gasteiger partial charge in [-0.1, -0.05) is 25.1 Å². The Kier molecular flexibility index (Phi) is 6.38. The van der Waals surface area contributed by atoms with E-state index >= 15 is 0 Å². The molecular formula is C25H32N2O2. The molecule has 4 rings (SSSR count). The monoisotopic (exact) mass is 392 g/mol. The summed E-state index contributed by atoms with van der Waals surface area (Å²) in [6.45, 7) is 4.82. The maximum Gasteiger partial charge on any atom is 0.261 e. The summed E-state index contributed by atoms with van der Waals surface area (Å²) < 4.78 is 6.05. The lowest BCUT2D eigenvalue weighted by Gasteiger charge is -2.21. The van der Waals surface area contributed by atoms with Gasteiger partial charge in [0.05, 0.1) is 0 Å². The van der Waals surface area contributed by atoms with Gasteiger partial charge in [0.1, 0.15) is 5.75 Å². The van der Waals surface area contributed by atoms with E-state index in [-0.39, 0.29) is 5.91 Å². The quantitative estimate of drug-likeness (QED) is 0.746. The van der Waals surface area contributed by atoms with Crippen LogP contribution in [0.5, 0.6) is 5.75 Å². The summed E-state index contributed by atoms with van der Waals surface area (Å²) in [4.78, 5) is 15.1. The Balaban J connectivity index is 1.31. The highest BCUT2D eigenvalue weighted by molar-refractivity contribution is 5.81. The summed E-state index contributed by atoms with van der Waals surface area (Å²) in [5.74, 6) is 0.761. The van der Waals surface area contributed by atoms with Crippen molar-refractivity contribution >= 4 is 11.6 Å². The number of hydrogen-bond donors (Lipinski definition) is 1. The molecule has 2 aromatic rings. The number of hydrogen-bond acceptors (Lipinski definition) is 3. The predicted octanol–water partition coefficient (Wildman–Crippen LogP) is 4.64. The van der Waals surface area contributed by atoms with Crippen molar-refractivity contribution in [3.63, 3.8) is 0 Å². The molecule has 154 valence electrons. The molecule has 2 aliphatic rings. The van der Waals surface area contributed by atoms with Gasteiger partial charge in [0.2, 0.25) is 0 Å². The standard InChI is InChI=1S/C25H32N2O2/c1-2-24(29-23-14-11-20-7-3-4-8-21(20)17-23)25(28)26-18-19-9-12-22(13-10-19)27-15-5-6-16-27/h9-14,17,24H,2-8,15-16,18H2,1H3,(H,26,28)/t24-/m1/s1. The van der Waals surface area contributed by atoms with Crippen molar-refractivity contribution in [2.45, 2.75) is 64.5 Å². The van der Waals surface area contributed by atoms with Gasteiger partial charge in [0, 0.05) is 25.3 Å². The molecule has 1 heterocycles. The fraction of sp³-hybridized carbons (Fsp3) is 0.480. The fourth-order valence-electron chi connectivity index (χ4n) is 4.37. The minimum Gasteiger partial charge on any atom is -0.481 e. The third-order valence-electron chi connectivity index (χ3n) is 6.14. The Morgan fingerprint density at radius 2 is 1.72 bits per heavy atom. The van der Waals surface area contributed by atoms with E-state index in [0.717, 1.165) is 37.2 Å². The number of nitrogens with one attached hydrogen (secondary N) is 1. The molecule has 1 amide bonds. The number of ether oxygens (including phenoxy) is 1. The van der Waals surface area contributed by atoms with Crippen molar-refractivity contribution in [2.24, 2.45) is 0 Å². The second-order valence-electron chi connectivity index (χ2n) is 8.23. The minimum atomic E-state index is -0.458. The summed E-state index contributed by atoms with van der Waals surface area (Å²) in [6.07, 6.45) is 7.53. The SMILES string of the molecule is CC[C@@H](Oc1ccc2c(c1)CCCC2)C(=O)NCc1ccc(N2CCCC2)cc1. The molecule has 0 bridgehead atoms. The van der Waals surface area contributed by atoms with Crippen LogP contribution in [-0.4, -0.2) is 25.1 Å². The lowest BCUT2D eigenvalue weighted by molar-refractivity contribution is -0.128. The number of rotatable bonds is 7. The van der Waals surface area contributed by atoms with Crippen molar-refractivity contribution in [3.05, 3.63) is 59.2 Å².